The number of hydrogen-bond acceptors (Lipinski definition) is 6. The van der Waals surface area contributed by atoms with Crippen LogP contribution in [-0.4, -0.2) is 41.6 Å². The molecule has 2 N–H and O–H groups in total. The number of halogens is 1. The van der Waals surface area contributed by atoms with E-state index in [1.54, 1.807) is 14.0 Å². The van der Waals surface area contributed by atoms with Crippen LogP contribution in [0.3, 0.4) is 0 Å². The highest BCUT2D eigenvalue weighted by molar-refractivity contribution is 7.89. The van der Waals surface area contributed by atoms with Crippen LogP contribution in [0.15, 0.2) is 15.4 Å². The number of ether oxygens (including phenoxy) is 1. The number of hydrogen-bond donors (Lipinski definition) is 2. The molecule has 0 saturated carbocycles. The van der Waals surface area contributed by atoms with Crippen LogP contribution >= 0.6 is 12.4 Å². The Labute approximate surface area is 130 Å². The summed E-state index contributed by atoms with van der Waals surface area (Å²) in [6.45, 7) is 2.77. The van der Waals surface area contributed by atoms with Crippen LogP contribution in [0.5, 0.6) is 0 Å². The number of furan rings is 1. The van der Waals surface area contributed by atoms with E-state index in [0.29, 0.717) is 25.9 Å². The molecule has 0 aliphatic heterocycles. The summed E-state index contributed by atoms with van der Waals surface area (Å²) in [7, 11) is -0.681. The van der Waals surface area contributed by atoms with Crippen molar-refractivity contribution in [3.63, 3.8) is 0 Å². The van der Waals surface area contributed by atoms with Crippen molar-refractivity contribution in [3.8, 4) is 0 Å². The number of carbonyl (C=O) groups is 1. The number of carbonyl (C=O) groups excluding carboxylic acids is 1. The highest BCUT2D eigenvalue weighted by Gasteiger charge is 2.25. The summed E-state index contributed by atoms with van der Waals surface area (Å²) in [4.78, 5) is 11.4. The Balaban J connectivity index is 0.00000400. The first-order chi connectivity index (χ1) is 9.46. The summed E-state index contributed by atoms with van der Waals surface area (Å²) in [5.41, 5.74) is 0. The van der Waals surface area contributed by atoms with Crippen LogP contribution in [0, 0.1) is 0 Å². The van der Waals surface area contributed by atoms with Crippen LogP contribution in [0.25, 0.3) is 0 Å². The molecule has 21 heavy (non-hydrogen) atoms. The second-order valence-electron chi connectivity index (χ2n) is 4.10. The standard InChI is InChI=1S/C12H20N2O5S.ClH/c1-4-9-11(8-10(19-9)12(15)18-3)20(16,17)14-7-5-6-13-2;/h8,13-14H,4-7H2,1-3H3;1H. The molecular weight excluding hydrogens is 320 g/mol. The van der Waals surface area contributed by atoms with Gasteiger partial charge in [0.05, 0.1) is 7.11 Å². The largest absolute Gasteiger partial charge is 0.463 e. The summed E-state index contributed by atoms with van der Waals surface area (Å²) in [5.74, 6) is -0.567. The molecule has 122 valence electrons. The minimum Gasteiger partial charge on any atom is -0.463 e. The van der Waals surface area contributed by atoms with Crippen molar-refractivity contribution < 1.29 is 22.4 Å². The SMILES string of the molecule is CCc1oc(C(=O)OC)cc1S(=O)(=O)NCCCNC.Cl. The average molecular weight is 341 g/mol. The average Bonchev–Trinajstić information content (AvgIpc) is 2.88. The van der Waals surface area contributed by atoms with Crippen LogP contribution in [-0.2, 0) is 21.2 Å². The molecule has 1 rings (SSSR count). The number of aryl methyl sites for hydroxylation is 1. The molecule has 1 heterocycles. The van der Waals surface area contributed by atoms with Gasteiger partial charge in [-0.2, -0.15) is 0 Å². The van der Waals surface area contributed by atoms with Crippen LogP contribution in [0.2, 0.25) is 0 Å². The Morgan fingerprint density at radius 2 is 2.05 bits per heavy atom. The third-order valence-corrected chi connectivity index (χ3v) is 4.17. The lowest BCUT2D eigenvalue weighted by molar-refractivity contribution is 0.0563. The zero-order valence-corrected chi connectivity index (χ0v) is 13.9. The van der Waals surface area contributed by atoms with Gasteiger partial charge in [-0.05, 0) is 20.0 Å². The molecule has 7 nitrogen and oxygen atoms in total. The summed E-state index contributed by atoms with van der Waals surface area (Å²) >= 11 is 0. The topological polar surface area (TPSA) is 97.6 Å². The molecule has 0 aliphatic carbocycles. The third kappa shape index (κ3) is 5.31. The molecular formula is C12H21ClN2O5S. The van der Waals surface area contributed by atoms with Gasteiger partial charge < -0.3 is 14.5 Å². The van der Waals surface area contributed by atoms with E-state index in [1.807, 2.05) is 0 Å². The molecule has 0 radical (unpaired) electrons. The number of sulfonamides is 1. The van der Waals surface area contributed by atoms with Crippen LogP contribution in [0.1, 0.15) is 29.7 Å². The summed E-state index contributed by atoms with van der Waals surface area (Å²) in [5, 5.41) is 2.93. The second kappa shape index (κ2) is 9.04. The molecule has 0 spiro atoms. The number of rotatable bonds is 8. The Morgan fingerprint density at radius 1 is 1.38 bits per heavy atom. The zero-order valence-electron chi connectivity index (χ0n) is 12.3. The smallest absolute Gasteiger partial charge is 0.373 e. The van der Waals surface area contributed by atoms with Gasteiger partial charge in [-0.1, -0.05) is 6.92 Å². The molecule has 0 unspecified atom stereocenters. The van der Waals surface area contributed by atoms with Gasteiger partial charge in [0.2, 0.25) is 15.8 Å². The van der Waals surface area contributed by atoms with Crippen molar-refractivity contribution in [1.29, 1.82) is 0 Å². The fraction of sp³-hybridized carbons (Fsp3) is 0.583. The predicted octanol–water partition coefficient (Wildman–Crippen LogP) is 0.938. The van der Waals surface area contributed by atoms with E-state index in [4.69, 9.17) is 4.42 Å². The van der Waals surface area contributed by atoms with Gasteiger partial charge in [0, 0.05) is 19.0 Å². The van der Waals surface area contributed by atoms with Crippen LogP contribution < -0.4 is 10.0 Å². The Morgan fingerprint density at radius 3 is 2.57 bits per heavy atom. The van der Waals surface area contributed by atoms with Crippen molar-refractivity contribution >= 4 is 28.4 Å². The monoisotopic (exact) mass is 340 g/mol. The van der Waals surface area contributed by atoms with E-state index < -0.39 is 16.0 Å². The molecule has 0 amide bonds. The van der Waals surface area contributed by atoms with Crippen molar-refractivity contribution in [2.24, 2.45) is 0 Å². The Hall–Kier alpha value is -1.09. The van der Waals surface area contributed by atoms with Gasteiger partial charge in [0.25, 0.3) is 0 Å². The maximum absolute atomic E-state index is 12.2. The quantitative estimate of drug-likeness (QED) is 0.540. The first-order valence-electron chi connectivity index (χ1n) is 6.31. The Bertz CT molecular complexity index is 556. The van der Waals surface area contributed by atoms with E-state index in [0.717, 1.165) is 0 Å². The second-order valence-corrected chi connectivity index (χ2v) is 5.83. The summed E-state index contributed by atoms with van der Waals surface area (Å²) in [6, 6.07) is 1.20. The minimum atomic E-state index is -3.68. The van der Waals surface area contributed by atoms with Crippen molar-refractivity contribution in [3.05, 3.63) is 17.6 Å². The molecule has 1 aromatic rings. The lowest BCUT2D eigenvalue weighted by atomic mass is 10.3. The van der Waals surface area contributed by atoms with E-state index in [1.165, 1.54) is 13.2 Å². The first kappa shape index (κ1) is 19.9. The molecule has 0 atom stereocenters. The Kier molecular flexibility index (Phi) is 8.57. The van der Waals surface area contributed by atoms with Gasteiger partial charge >= 0.3 is 5.97 Å². The van der Waals surface area contributed by atoms with Gasteiger partial charge in [0.15, 0.2) is 0 Å². The maximum atomic E-state index is 12.2. The maximum Gasteiger partial charge on any atom is 0.373 e. The van der Waals surface area contributed by atoms with Crippen molar-refractivity contribution in [2.45, 2.75) is 24.7 Å². The predicted molar refractivity (Wildman–Crippen MR) is 80.4 cm³/mol. The first-order valence-corrected chi connectivity index (χ1v) is 7.79. The van der Waals surface area contributed by atoms with E-state index in [-0.39, 0.29) is 28.8 Å². The van der Waals surface area contributed by atoms with Gasteiger partial charge in [-0.3, -0.25) is 0 Å². The summed E-state index contributed by atoms with van der Waals surface area (Å²) < 4.78 is 36.5. The fourth-order valence-electron chi connectivity index (χ4n) is 1.64. The number of esters is 1. The molecule has 1 aromatic heterocycles. The molecule has 0 saturated heterocycles. The van der Waals surface area contributed by atoms with Gasteiger partial charge in [-0.25, -0.2) is 17.9 Å². The third-order valence-electron chi connectivity index (χ3n) is 2.66. The number of nitrogens with one attached hydrogen (secondary N) is 2. The molecule has 9 heteroatoms. The molecule has 0 aliphatic rings. The molecule has 0 bridgehead atoms. The van der Waals surface area contributed by atoms with Crippen LogP contribution in [0.4, 0.5) is 0 Å². The zero-order chi connectivity index (χ0) is 15.2. The van der Waals surface area contributed by atoms with E-state index in [9.17, 15) is 13.2 Å². The number of methoxy groups -OCH3 is 1. The fourth-order valence-corrected chi connectivity index (χ4v) is 2.95. The van der Waals surface area contributed by atoms with Gasteiger partial charge in [0.1, 0.15) is 10.7 Å². The minimum absolute atomic E-state index is 0. The lowest BCUT2D eigenvalue weighted by Gasteiger charge is -2.05. The highest BCUT2D eigenvalue weighted by atomic mass is 35.5. The normalized spacial score (nSPS) is 11.0. The van der Waals surface area contributed by atoms with Gasteiger partial charge in [-0.15, -0.1) is 12.4 Å². The highest BCUT2D eigenvalue weighted by Crippen LogP contribution is 2.21. The molecule has 0 aromatic carbocycles. The summed E-state index contributed by atoms with van der Waals surface area (Å²) in [6.07, 6.45) is 1.03. The van der Waals surface area contributed by atoms with E-state index >= 15 is 0 Å². The van der Waals surface area contributed by atoms with Crippen molar-refractivity contribution in [1.82, 2.24) is 10.0 Å². The van der Waals surface area contributed by atoms with Crippen molar-refractivity contribution in [2.75, 3.05) is 27.2 Å². The van der Waals surface area contributed by atoms with E-state index in [2.05, 4.69) is 14.8 Å². The lowest BCUT2D eigenvalue weighted by Crippen LogP contribution is -2.27. The molecule has 0 fully saturated rings.